The van der Waals surface area contributed by atoms with Crippen molar-refractivity contribution in [3.8, 4) is 5.75 Å². The van der Waals surface area contributed by atoms with E-state index in [-0.39, 0.29) is 5.57 Å². The molecule has 0 radical (unpaired) electrons. The molecule has 7 nitrogen and oxygen atoms in total. The van der Waals surface area contributed by atoms with Crippen LogP contribution in [0.5, 0.6) is 5.75 Å². The van der Waals surface area contributed by atoms with Crippen LogP contribution in [0.15, 0.2) is 72.3 Å². The second-order valence-corrected chi connectivity index (χ2v) is 6.96. The molecule has 7 heteroatoms. The molecule has 156 valence electrons. The number of amides is 2. The first-order valence-electron chi connectivity index (χ1n) is 9.68. The van der Waals surface area contributed by atoms with E-state index in [0.29, 0.717) is 17.0 Å². The number of benzene rings is 3. The highest BCUT2D eigenvalue weighted by atomic mass is 16.6. The number of ether oxygens (including phenoxy) is 2. The van der Waals surface area contributed by atoms with Crippen LogP contribution in [0.4, 0.5) is 5.69 Å². The van der Waals surface area contributed by atoms with Crippen molar-refractivity contribution >= 4 is 40.3 Å². The summed E-state index contributed by atoms with van der Waals surface area (Å²) in [7, 11) is 1.28. The zero-order chi connectivity index (χ0) is 22.0. The summed E-state index contributed by atoms with van der Waals surface area (Å²) < 4.78 is 10.6. The lowest BCUT2D eigenvalue weighted by Crippen LogP contribution is -2.35. The Kier molecular flexibility index (Phi) is 5.41. The van der Waals surface area contributed by atoms with Crippen LogP contribution in [-0.2, 0) is 19.1 Å². The number of anilines is 1. The van der Waals surface area contributed by atoms with Crippen molar-refractivity contribution in [2.24, 2.45) is 0 Å². The van der Waals surface area contributed by atoms with Crippen LogP contribution in [-0.4, -0.2) is 31.0 Å². The molecule has 1 atom stereocenters. The highest BCUT2D eigenvalue weighted by Gasteiger charge is 2.35. The highest BCUT2D eigenvalue weighted by Crippen LogP contribution is 2.32. The van der Waals surface area contributed by atoms with Crippen molar-refractivity contribution in [1.82, 2.24) is 5.43 Å². The van der Waals surface area contributed by atoms with Gasteiger partial charge in [0.15, 0.2) is 6.10 Å². The Morgan fingerprint density at radius 2 is 1.71 bits per heavy atom. The Bertz CT molecular complexity index is 1200. The Morgan fingerprint density at radius 3 is 2.45 bits per heavy atom. The fourth-order valence-electron chi connectivity index (χ4n) is 3.39. The first-order chi connectivity index (χ1) is 15.0. The van der Waals surface area contributed by atoms with Crippen molar-refractivity contribution in [3.63, 3.8) is 0 Å². The molecule has 1 N–H and O–H groups in total. The molecule has 0 saturated carbocycles. The van der Waals surface area contributed by atoms with E-state index in [1.807, 2.05) is 36.4 Å². The van der Waals surface area contributed by atoms with Crippen LogP contribution in [0.3, 0.4) is 0 Å². The van der Waals surface area contributed by atoms with Gasteiger partial charge in [-0.3, -0.25) is 15.0 Å². The van der Waals surface area contributed by atoms with Crippen molar-refractivity contribution in [1.29, 1.82) is 0 Å². The molecule has 31 heavy (non-hydrogen) atoms. The predicted octanol–water partition coefficient (Wildman–Crippen LogP) is 3.24. The summed E-state index contributed by atoms with van der Waals surface area (Å²) in [5, 5.41) is 2.89. The van der Waals surface area contributed by atoms with Gasteiger partial charge in [0.05, 0.1) is 12.8 Å². The number of fused-ring (bicyclic) bond motifs is 1. The van der Waals surface area contributed by atoms with Crippen LogP contribution in [0.2, 0.25) is 0 Å². The maximum absolute atomic E-state index is 13.0. The number of hydrazine groups is 1. The van der Waals surface area contributed by atoms with Crippen LogP contribution in [0.1, 0.15) is 12.5 Å². The largest absolute Gasteiger partial charge is 0.478 e. The Morgan fingerprint density at radius 1 is 1.00 bits per heavy atom. The summed E-state index contributed by atoms with van der Waals surface area (Å²) in [5.74, 6) is -1.16. The Labute approximate surface area is 178 Å². The maximum Gasteiger partial charge on any atom is 0.346 e. The molecule has 3 aromatic rings. The fourth-order valence-corrected chi connectivity index (χ4v) is 3.39. The van der Waals surface area contributed by atoms with Crippen LogP contribution in [0.25, 0.3) is 16.8 Å². The van der Waals surface area contributed by atoms with Crippen LogP contribution >= 0.6 is 0 Å². The minimum absolute atomic E-state index is 0.0317. The number of para-hydroxylation sites is 1. The van der Waals surface area contributed by atoms with Crippen LogP contribution < -0.4 is 15.2 Å². The molecule has 0 aromatic heterocycles. The van der Waals surface area contributed by atoms with E-state index in [1.165, 1.54) is 18.2 Å². The maximum atomic E-state index is 13.0. The highest BCUT2D eigenvalue weighted by molar-refractivity contribution is 6.32. The topological polar surface area (TPSA) is 84.9 Å². The second kappa shape index (κ2) is 8.31. The quantitative estimate of drug-likeness (QED) is 0.392. The van der Waals surface area contributed by atoms with Crippen molar-refractivity contribution in [2.45, 2.75) is 13.0 Å². The SMILES string of the molecule is COC(=O)[C@H](C)Oc1ccc2ccccc2c1/C=C1/C(=O)NN(c2ccccc2)C1=O. The third-order valence-electron chi connectivity index (χ3n) is 4.96. The Hall–Kier alpha value is -4.13. The molecule has 0 unspecified atom stereocenters. The molecule has 1 fully saturated rings. The predicted molar refractivity (Wildman–Crippen MR) is 116 cm³/mol. The normalized spacial score (nSPS) is 15.8. The molecule has 0 aliphatic carbocycles. The van der Waals surface area contributed by atoms with E-state index in [0.717, 1.165) is 10.8 Å². The summed E-state index contributed by atoms with van der Waals surface area (Å²) in [6, 6.07) is 19.9. The number of rotatable bonds is 5. The molecule has 4 rings (SSSR count). The molecular weight excluding hydrogens is 396 g/mol. The lowest BCUT2D eigenvalue weighted by molar-refractivity contribution is -0.147. The van der Waals surface area contributed by atoms with E-state index in [2.05, 4.69) is 5.43 Å². The molecular formula is C24H20N2O5. The van der Waals surface area contributed by atoms with E-state index >= 15 is 0 Å². The minimum atomic E-state index is -0.864. The third-order valence-corrected chi connectivity index (χ3v) is 4.96. The fraction of sp³-hybridized carbons (Fsp3) is 0.125. The number of carbonyl (C=O) groups excluding carboxylic acids is 3. The first kappa shape index (κ1) is 20.2. The Balaban J connectivity index is 1.80. The monoisotopic (exact) mass is 416 g/mol. The van der Waals surface area contributed by atoms with Crippen molar-refractivity contribution < 1.29 is 23.9 Å². The minimum Gasteiger partial charge on any atom is -0.478 e. The molecule has 2 amide bonds. The number of nitrogens with one attached hydrogen (secondary N) is 1. The average molecular weight is 416 g/mol. The molecule has 1 aliphatic rings. The van der Waals surface area contributed by atoms with Gasteiger partial charge >= 0.3 is 5.97 Å². The zero-order valence-corrected chi connectivity index (χ0v) is 17.0. The van der Waals surface area contributed by atoms with Gasteiger partial charge in [-0.2, -0.15) is 0 Å². The van der Waals surface area contributed by atoms with E-state index in [9.17, 15) is 14.4 Å². The smallest absolute Gasteiger partial charge is 0.346 e. The molecule has 0 bridgehead atoms. The van der Waals surface area contributed by atoms with Gasteiger partial charge in [0.1, 0.15) is 11.3 Å². The first-order valence-corrected chi connectivity index (χ1v) is 9.68. The average Bonchev–Trinajstić information content (AvgIpc) is 3.08. The van der Waals surface area contributed by atoms with E-state index in [1.54, 1.807) is 37.3 Å². The number of esters is 1. The lowest BCUT2D eigenvalue weighted by atomic mass is 10.0. The molecule has 0 spiro atoms. The standard InChI is InChI=1S/C24H20N2O5/c1-15(24(29)30-2)31-21-13-12-16-8-6-7-11-18(16)19(21)14-20-22(27)25-26(23(20)28)17-9-4-3-5-10-17/h3-15H,1-2H3,(H,25,27)/b20-14-/t15-/m0/s1. The van der Waals surface area contributed by atoms with Gasteiger partial charge in [-0.1, -0.05) is 48.5 Å². The molecule has 1 aliphatic heterocycles. The number of methoxy groups -OCH3 is 1. The van der Waals surface area contributed by atoms with Gasteiger partial charge in [-0.15, -0.1) is 0 Å². The molecule has 3 aromatic carbocycles. The van der Waals surface area contributed by atoms with Gasteiger partial charge in [-0.05, 0) is 42.0 Å². The van der Waals surface area contributed by atoms with Gasteiger partial charge < -0.3 is 9.47 Å². The van der Waals surface area contributed by atoms with Gasteiger partial charge in [0.25, 0.3) is 11.8 Å². The zero-order valence-electron chi connectivity index (χ0n) is 17.0. The summed E-state index contributed by atoms with van der Waals surface area (Å²) in [4.78, 5) is 37.5. The number of hydrogen-bond donors (Lipinski definition) is 1. The lowest BCUT2D eigenvalue weighted by Gasteiger charge is -2.16. The number of nitrogens with zero attached hydrogens (tertiary/aromatic N) is 1. The van der Waals surface area contributed by atoms with Crippen molar-refractivity contribution in [3.05, 3.63) is 77.9 Å². The summed E-state index contributed by atoms with van der Waals surface area (Å²) in [5.41, 5.74) is 3.64. The summed E-state index contributed by atoms with van der Waals surface area (Å²) in [6.45, 7) is 1.57. The van der Waals surface area contributed by atoms with Crippen molar-refractivity contribution in [2.75, 3.05) is 12.1 Å². The number of hydrogen-bond acceptors (Lipinski definition) is 5. The molecule has 1 heterocycles. The summed E-state index contributed by atoms with van der Waals surface area (Å²) >= 11 is 0. The number of carbonyl (C=O) groups is 3. The van der Waals surface area contributed by atoms with Gasteiger partial charge in [0, 0.05) is 5.56 Å². The second-order valence-electron chi connectivity index (χ2n) is 6.96. The summed E-state index contributed by atoms with van der Waals surface area (Å²) in [6.07, 6.45) is 0.639. The molecule has 1 saturated heterocycles. The van der Waals surface area contributed by atoms with E-state index in [4.69, 9.17) is 9.47 Å². The third kappa shape index (κ3) is 3.85. The van der Waals surface area contributed by atoms with Gasteiger partial charge in [0.2, 0.25) is 0 Å². The van der Waals surface area contributed by atoms with Gasteiger partial charge in [-0.25, -0.2) is 9.80 Å². The van der Waals surface area contributed by atoms with Crippen LogP contribution in [0, 0.1) is 0 Å². The van der Waals surface area contributed by atoms with E-state index < -0.39 is 23.9 Å².